The van der Waals surface area contributed by atoms with Crippen molar-refractivity contribution in [1.29, 1.82) is 0 Å². The first kappa shape index (κ1) is 14.7. The first-order valence-electron chi connectivity index (χ1n) is 7.60. The summed E-state index contributed by atoms with van der Waals surface area (Å²) in [5.74, 6) is 0. The van der Waals surface area contributed by atoms with Gasteiger partial charge in [-0.2, -0.15) is 0 Å². The molecule has 1 aromatic carbocycles. The van der Waals surface area contributed by atoms with Gasteiger partial charge in [0.2, 0.25) is 0 Å². The van der Waals surface area contributed by atoms with Gasteiger partial charge >= 0.3 is 0 Å². The molecular formula is C16H22BrClN2. The van der Waals surface area contributed by atoms with E-state index in [2.05, 4.69) is 39.1 Å². The van der Waals surface area contributed by atoms with E-state index in [9.17, 15) is 0 Å². The molecule has 0 bridgehead atoms. The number of benzene rings is 1. The lowest BCUT2D eigenvalue weighted by Gasteiger charge is -2.47. The highest BCUT2D eigenvalue weighted by Gasteiger charge is 2.41. The molecule has 1 aromatic rings. The molecule has 0 amide bonds. The van der Waals surface area contributed by atoms with E-state index in [-0.39, 0.29) is 0 Å². The lowest BCUT2D eigenvalue weighted by Crippen LogP contribution is -2.63. The van der Waals surface area contributed by atoms with Gasteiger partial charge in [0.05, 0.1) is 10.7 Å². The SMILES string of the molecule is CCC1CNC2(CCCC2)CN1c1cc(Br)ccc1Cl. The highest BCUT2D eigenvalue weighted by molar-refractivity contribution is 9.10. The van der Waals surface area contributed by atoms with Crippen LogP contribution in [-0.2, 0) is 0 Å². The van der Waals surface area contributed by atoms with Crippen LogP contribution in [0.2, 0.25) is 5.02 Å². The lowest BCUT2D eigenvalue weighted by molar-refractivity contribution is 0.267. The van der Waals surface area contributed by atoms with Crippen LogP contribution < -0.4 is 10.2 Å². The van der Waals surface area contributed by atoms with Crippen LogP contribution in [0.5, 0.6) is 0 Å². The van der Waals surface area contributed by atoms with Gasteiger partial charge in [-0.15, -0.1) is 0 Å². The topological polar surface area (TPSA) is 15.3 Å². The molecule has 2 fully saturated rings. The molecule has 110 valence electrons. The smallest absolute Gasteiger partial charge is 0.0640 e. The number of rotatable bonds is 2. The van der Waals surface area contributed by atoms with Gasteiger partial charge in [-0.3, -0.25) is 0 Å². The Kier molecular flexibility index (Phi) is 4.30. The van der Waals surface area contributed by atoms with Crippen LogP contribution >= 0.6 is 27.5 Å². The Balaban J connectivity index is 1.92. The normalized spacial score (nSPS) is 25.4. The second-order valence-corrected chi connectivity index (χ2v) is 7.48. The van der Waals surface area contributed by atoms with Crippen molar-refractivity contribution in [1.82, 2.24) is 5.32 Å². The Bertz CT molecular complexity index is 485. The molecule has 2 nitrogen and oxygen atoms in total. The summed E-state index contributed by atoms with van der Waals surface area (Å²) in [4.78, 5) is 2.54. The minimum Gasteiger partial charge on any atom is -0.364 e. The number of hydrogen-bond donors (Lipinski definition) is 1. The Morgan fingerprint density at radius 1 is 1.40 bits per heavy atom. The molecule has 1 spiro atoms. The quantitative estimate of drug-likeness (QED) is 0.832. The molecular weight excluding hydrogens is 336 g/mol. The van der Waals surface area contributed by atoms with E-state index in [1.165, 1.54) is 31.4 Å². The first-order chi connectivity index (χ1) is 9.63. The minimum absolute atomic E-state index is 0.317. The Labute approximate surface area is 135 Å². The molecule has 0 aromatic heterocycles. The van der Waals surface area contributed by atoms with Crippen molar-refractivity contribution in [3.05, 3.63) is 27.7 Å². The van der Waals surface area contributed by atoms with Gasteiger partial charge in [0.1, 0.15) is 0 Å². The molecule has 1 atom stereocenters. The standard InChI is InChI=1S/C16H22BrClN2/c1-2-13-10-19-16(7-3-4-8-16)11-20(13)15-9-12(17)5-6-14(15)18/h5-6,9,13,19H,2-4,7-8,10-11H2,1H3. The van der Waals surface area contributed by atoms with Gasteiger partial charge in [-0.05, 0) is 37.5 Å². The molecule has 1 saturated carbocycles. The summed E-state index contributed by atoms with van der Waals surface area (Å²) in [6, 6.07) is 6.71. The van der Waals surface area contributed by atoms with Gasteiger partial charge in [0.25, 0.3) is 0 Å². The highest BCUT2D eigenvalue weighted by atomic mass is 79.9. The predicted octanol–water partition coefficient (Wildman–Crippen LogP) is 4.60. The van der Waals surface area contributed by atoms with Crippen LogP contribution in [0.3, 0.4) is 0 Å². The van der Waals surface area contributed by atoms with E-state index >= 15 is 0 Å². The van der Waals surface area contributed by atoms with Crippen LogP contribution in [0, 0.1) is 0 Å². The summed E-state index contributed by atoms with van der Waals surface area (Å²) in [5, 5.41) is 4.70. The summed E-state index contributed by atoms with van der Waals surface area (Å²) in [5.41, 5.74) is 1.50. The van der Waals surface area contributed by atoms with Crippen molar-refractivity contribution in [2.75, 3.05) is 18.0 Å². The zero-order valence-corrected chi connectivity index (χ0v) is 14.3. The molecule has 1 heterocycles. The van der Waals surface area contributed by atoms with E-state index < -0.39 is 0 Å². The zero-order valence-electron chi connectivity index (χ0n) is 12.0. The van der Waals surface area contributed by atoms with E-state index in [0.717, 1.165) is 29.0 Å². The first-order valence-corrected chi connectivity index (χ1v) is 8.77. The van der Waals surface area contributed by atoms with Gasteiger partial charge in [0, 0.05) is 29.1 Å². The summed E-state index contributed by atoms with van der Waals surface area (Å²) in [6.45, 7) is 4.42. The molecule has 1 aliphatic carbocycles. The van der Waals surface area contributed by atoms with Crippen molar-refractivity contribution in [3.63, 3.8) is 0 Å². The molecule has 20 heavy (non-hydrogen) atoms. The van der Waals surface area contributed by atoms with Crippen LogP contribution in [0.15, 0.2) is 22.7 Å². The van der Waals surface area contributed by atoms with Crippen molar-refractivity contribution in [2.45, 2.75) is 50.6 Å². The average Bonchev–Trinajstić information content (AvgIpc) is 2.90. The monoisotopic (exact) mass is 356 g/mol. The van der Waals surface area contributed by atoms with E-state index in [1.807, 2.05) is 12.1 Å². The second kappa shape index (κ2) is 5.86. The number of halogens is 2. The van der Waals surface area contributed by atoms with E-state index in [4.69, 9.17) is 11.6 Å². The molecule has 1 saturated heterocycles. The van der Waals surface area contributed by atoms with Gasteiger partial charge in [-0.25, -0.2) is 0 Å². The Hall–Kier alpha value is -0.250. The Morgan fingerprint density at radius 2 is 2.15 bits per heavy atom. The minimum atomic E-state index is 0.317. The summed E-state index contributed by atoms with van der Waals surface area (Å²) in [7, 11) is 0. The van der Waals surface area contributed by atoms with E-state index in [0.29, 0.717) is 11.6 Å². The van der Waals surface area contributed by atoms with Crippen LogP contribution in [0.1, 0.15) is 39.0 Å². The molecule has 0 radical (unpaired) electrons. The zero-order chi connectivity index (χ0) is 14.2. The maximum Gasteiger partial charge on any atom is 0.0640 e. The molecule has 1 N–H and O–H groups in total. The third-order valence-corrected chi connectivity index (χ3v) is 5.69. The van der Waals surface area contributed by atoms with Gasteiger partial charge in [-0.1, -0.05) is 47.3 Å². The third kappa shape index (κ3) is 2.72. The fraction of sp³-hybridized carbons (Fsp3) is 0.625. The number of nitrogens with zero attached hydrogens (tertiary/aromatic N) is 1. The number of anilines is 1. The van der Waals surface area contributed by atoms with E-state index in [1.54, 1.807) is 0 Å². The molecule has 3 rings (SSSR count). The second-order valence-electron chi connectivity index (χ2n) is 6.15. The van der Waals surface area contributed by atoms with Gasteiger partial charge < -0.3 is 10.2 Å². The third-order valence-electron chi connectivity index (χ3n) is 4.88. The number of hydrogen-bond acceptors (Lipinski definition) is 2. The fourth-order valence-corrected chi connectivity index (χ4v) is 4.27. The predicted molar refractivity (Wildman–Crippen MR) is 89.8 cm³/mol. The lowest BCUT2D eigenvalue weighted by atomic mass is 9.91. The van der Waals surface area contributed by atoms with Crippen molar-refractivity contribution >= 4 is 33.2 Å². The highest BCUT2D eigenvalue weighted by Crippen LogP contribution is 2.38. The average molecular weight is 358 g/mol. The summed E-state index contributed by atoms with van der Waals surface area (Å²) < 4.78 is 1.10. The van der Waals surface area contributed by atoms with Gasteiger partial charge in [0.15, 0.2) is 0 Å². The van der Waals surface area contributed by atoms with Crippen molar-refractivity contribution in [3.8, 4) is 0 Å². The Morgan fingerprint density at radius 3 is 2.85 bits per heavy atom. The van der Waals surface area contributed by atoms with Crippen LogP contribution in [-0.4, -0.2) is 24.7 Å². The maximum atomic E-state index is 6.46. The number of nitrogens with one attached hydrogen (secondary N) is 1. The number of piperazine rings is 1. The summed E-state index contributed by atoms with van der Waals surface area (Å²) >= 11 is 10.0. The molecule has 2 aliphatic rings. The van der Waals surface area contributed by atoms with Crippen molar-refractivity contribution < 1.29 is 0 Å². The van der Waals surface area contributed by atoms with Crippen molar-refractivity contribution in [2.24, 2.45) is 0 Å². The van der Waals surface area contributed by atoms with Crippen LogP contribution in [0.4, 0.5) is 5.69 Å². The molecule has 4 heteroatoms. The molecule has 1 unspecified atom stereocenters. The van der Waals surface area contributed by atoms with Crippen LogP contribution in [0.25, 0.3) is 0 Å². The fourth-order valence-electron chi connectivity index (χ4n) is 3.69. The summed E-state index contributed by atoms with van der Waals surface area (Å²) in [6.07, 6.45) is 6.44. The maximum absolute atomic E-state index is 6.46. The largest absolute Gasteiger partial charge is 0.364 e. The molecule has 1 aliphatic heterocycles.